The standard InChI is InChI=1S/C7H10INO3/c8-7(11)12-5-4-9-3-1-2-6(9)10/h1-5H2. The highest BCUT2D eigenvalue weighted by Crippen LogP contribution is 2.08. The van der Waals surface area contributed by atoms with Gasteiger partial charge < -0.3 is 9.64 Å². The van der Waals surface area contributed by atoms with Gasteiger partial charge in [0.25, 0.3) is 0 Å². The molecule has 1 saturated heterocycles. The molecule has 1 rings (SSSR count). The fourth-order valence-corrected chi connectivity index (χ4v) is 1.40. The Morgan fingerprint density at radius 1 is 1.67 bits per heavy atom. The molecule has 4 nitrogen and oxygen atoms in total. The zero-order chi connectivity index (χ0) is 8.97. The van der Waals surface area contributed by atoms with E-state index in [9.17, 15) is 9.59 Å². The summed E-state index contributed by atoms with van der Waals surface area (Å²) in [4.78, 5) is 23.1. The highest BCUT2D eigenvalue weighted by molar-refractivity contribution is 14.1. The third-order valence-corrected chi connectivity index (χ3v) is 2.06. The summed E-state index contributed by atoms with van der Waals surface area (Å²) in [6.07, 6.45) is 1.56. The molecule has 1 amide bonds. The third kappa shape index (κ3) is 2.96. The molecule has 0 aliphatic carbocycles. The molecule has 0 aromatic rings. The van der Waals surface area contributed by atoms with Crippen molar-refractivity contribution in [2.45, 2.75) is 12.8 Å². The predicted octanol–water partition coefficient (Wildman–Crippen LogP) is 1.18. The fourth-order valence-electron chi connectivity index (χ4n) is 1.18. The zero-order valence-corrected chi connectivity index (χ0v) is 8.74. The Hall–Kier alpha value is -0.330. The Morgan fingerprint density at radius 3 is 2.92 bits per heavy atom. The van der Waals surface area contributed by atoms with Gasteiger partial charge in [0.05, 0.1) is 29.1 Å². The molecule has 1 fully saturated rings. The summed E-state index contributed by atoms with van der Waals surface area (Å²) in [7, 11) is 0. The van der Waals surface area contributed by atoms with Crippen molar-refractivity contribution >= 4 is 32.5 Å². The molecule has 1 aliphatic rings. The first kappa shape index (κ1) is 9.76. The summed E-state index contributed by atoms with van der Waals surface area (Å²) >= 11 is 1.57. The summed E-state index contributed by atoms with van der Waals surface area (Å²) < 4.78 is 4.39. The SMILES string of the molecule is O=C(I)OCCN1CCCC1=O. The van der Waals surface area contributed by atoms with Gasteiger partial charge in [0.2, 0.25) is 5.91 Å². The maximum Gasteiger partial charge on any atom is 0.367 e. The van der Waals surface area contributed by atoms with Crippen LogP contribution in [0.1, 0.15) is 12.8 Å². The summed E-state index contributed by atoms with van der Waals surface area (Å²) in [5.41, 5.74) is 0. The lowest BCUT2D eigenvalue weighted by molar-refractivity contribution is -0.128. The largest absolute Gasteiger partial charge is 0.456 e. The molecule has 5 heteroatoms. The number of nitrogens with zero attached hydrogens (tertiary/aromatic N) is 1. The van der Waals surface area contributed by atoms with Gasteiger partial charge in [-0.3, -0.25) is 4.79 Å². The van der Waals surface area contributed by atoms with E-state index < -0.39 is 0 Å². The molecule has 1 heterocycles. The van der Waals surface area contributed by atoms with Crippen LogP contribution < -0.4 is 0 Å². The first-order valence-electron chi connectivity index (χ1n) is 3.80. The molecule has 0 aromatic heterocycles. The summed E-state index contributed by atoms with van der Waals surface area (Å²) in [6.45, 7) is 1.65. The van der Waals surface area contributed by atoms with Gasteiger partial charge in [0.1, 0.15) is 6.61 Å². The summed E-state index contributed by atoms with van der Waals surface area (Å²) in [6, 6.07) is 0. The van der Waals surface area contributed by atoms with Crippen molar-refractivity contribution in [1.82, 2.24) is 4.90 Å². The molecule has 12 heavy (non-hydrogen) atoms. The topological polar surface area (TPSA) is 46.6 Å². The van der Waals surface area contributed by atoms with E-state index in [0.29, 0.717) is 19.6 Å². The van der Waals surface area contributed by atoms with E-state index in [1.54, 1.807) is 27.5 Å². The molecular weight excluding hydrogens is 273 g/mol. The monoisotopic (exact) mass is 283 g/mol. The summed E-state index contributed by atoms with van der Waals surface area (Å²) in [5.74, 6) is 0.166. The molecule has 1 aliphatic heterocycles. The van der Waals surface area contributed by atoms with Gasteiger partial charge in [-0.25, -0.2) is 4.79 Å². The highest BCUT2D eigenvalue weighted by atomic mass is 127. The van der Waals surface area contributed by atoms with Gasteiger partial charge in [-0.15, -0.1) is 0 Å². The molecule has 0 unspecified atom stereocenters. The van der Waals surface area contributed by atoms with Crippen LogP contribution in [0.5, 0.6) is 0 Å². The minimum absolute atomic E-state index is 0.166. The number of halogens is 1. The molecule has 0 bridgehead atoms. The molecule has 0 N–H and O–H groups in total. The number of likely N-dealkylation sites (tertiary alicyclic amines) is 1. The third-order valence-electron chi connectivity index (χ3n) is 1.75. The molecule has 0 aromatic carbocycles. The quantitative estimate of drug-likeness (QED) is 0.577. The van der Waals surface area contributed by atoms with Crippen LogP contribution in [0.2, 0.25) is 0 Å². The molecule has 0 saturated carbocycles. The molecule has 0 atom stereocenters. The van der Waals surface area contributed by atoms with Crippen molar-refractivity contribution in [2.24, 2.45) is 0 Å². The second-order valence-electron chi connectivity index (χ2n) is 2.57. The van der Waals surface area contributed by atoms with Crippen molar-refractivity contribution in [2.75, 3.05) is 19.7 Å². The Bertz CT molecular complexity index is 195. The lowest BCUT2D eigenvalue weighted by Gasteiger charge is -2.14. The fraction of sp³-hybridized carbons (Fsp3) is 0.714. The number of amides is 1. The van der Waals surface area contributed by atoms with Crippen LogP contribution in [0.25, 0.3) is 0 Å². The molecule has 0 radical (unpaired) electrons. The van der Waals surface area contributed by atoms with E-state index in [1.165, 1.54) is 0 Å². The normalized spacial score (nSPS) is 16.8. The van der Waals surface area contributed by atoms with Crippen LogP contribution in [-0.4, -0.2) is 34.5 Å². The number of carbonyl (C=O) groups excluding carboxylic acids is 2. The maximum absolute atomic E-state index is 11.0. The van der Waals surface area contributed by atoms with E-state index in [2.05, 4.69) is 0 Å². The maximum atomic E-state index is 11.0. The highest BCUT2D eigenvalue weighted by Gasteiger charge is 2.19. The Labute approximate surface area is 84.4 Å². The average Bonchev–Trinajstić information content (AvgIpc) is 2.36. The Morgan fingerprint density at radius 2 is 2.42 bits per heavy atom. The average molecular weight is 283 g/mol. The van der Waals surface area contributed by atoms with Crippen LogP contribution in [0, 0.1) is 0 Å². The van der Waals surface area contributed by atoms with Crippen LogP contribution >= 0.6 is 22.6 Å². The Balaban J connectivity index is 2.14. The summed E-state index contributed by atoms with van der Waals surface area (Å²) in [5, 5.41) is 0. The number of rotatable bonds is 3. The second-order valence-corrected chi connectivity index (χ2v) is 3.45. The van der Waals surface area contributed by atoms with Crippen molar-refractivity contribution in [3.63, 3.8) is 0 Å². The van der Waals surface area contributed by atoms with E-state index in [4.69, 9.17) is 4.74 Å². The Kier molecular flexibility index (Phi) is 3.77. The first-order chi connectivity index (χ1) is 5.70. The minimum Gasteiger partial charge on any atom is -0.456 e. The van der Waals surface area contributed by atoms with Gasteiger partial charge in [0.15, 0.2) is 0 Å². The molecule has 0 spiro atoms. The zero-order valence-electron chi connectivity index (χ0n) is 6.59. The van der Waals surface area contributed by atoms with Crippen molar-refractivity contribution in [3.8, 4) is 0 Å². The van der Waals surface area contributed by atoms with E-state index in [-0.39, 0.29) is 9.88 Å². The van der Waals surface area contributed by atoms with Crippen LogP contribution in [0.3, 0.4) is 0 Å². The first-order valence-corrected chi connectivity index (χ1v) is 4.88. The van der Waals surface area contributed by atoms with Gasteiger partial charge >= 0.3 is 3.98 Å². The van der Waals surface area contributed by atoms with Crippen molar-refractivity contribution in [3.05, 3.63) is 0 Å². The van der Waals surface area contributed by atoms with E-state index in [1.807, 2.05) is 0 Å². The van der Waals surface area contributed by atoms with E-state index >= 15 is 0 Å². The van der Waals surface area contributed by atoms with Crippen LogP contribution in [-0.2, 0) is 9.53 Å². The minimum atomic E-state index is -0.320. The van der Waals surface area contributed by atoms with Gasteiger partial charge in [0, 0.05) is 13.0 Å². The number of ether oxygens (including phenoxy) is 1. The smallest absolute Gasteiger partial charge is 0.367 e. The molecule has 68 valence electrons. The molecular formula is C7H10INO3. The number of carbonyl (C=O) groups is 2. The van der Waals surface area contributed by atoms with Gasteiger partial charge in [-0.1, -0.05) is 0 Å². The van der Waals surface area contributed by atoms with Crippen LogP contribution in [0.15, 0.2) is 0 Å². The predicted molar refractivity (Wildman–Crippen MR) is 51.2 cm³/mol. The lowest BCUT2D eigenvalue weighted by atomic mass is 10.4. The number of hydrogen-bond acceptors (Lipinski definition) is 3. The van der Waals surface area contributed by atoms with Crippen LogP contribution in [0.4, 0.5) is 4.79 Å². The van der Waals surface area contributed by atoms with Gasteiger partial charge in [-0.05, 0) is 6.42 Å². The van der Waals surface area contributed by atoms with Crippen molar-refractivity contribution in [1.29, 1.82) is 0 Å². The van der Waals surface area contributed by atoms with E-state index in [0.717, 1.165) is 13.0 Å². The number of hydrogen-bond donors (Lipinski definition) is 0. The van der Waals surface area contributed by atoms with Crippen molar-refractivity contribution < 1.29 is 14.3 Å². The van der Waals surface area contributed by atoms with Gasteiger partial charge in [-0.2, -0.15) is 0 Å². The second kappa shape index (κ2) is 4.64. The lowest BCUT2D eigenvalue weighted by Crippen LogP contribution is -2.28.